The molecule has 0 unspecified atom stereocenters. The Morgan fingerprint density at radius 3 is 2.51 bits per heavy atom. The number of morpholine rings is 1. The SMILES string of the molecule is CN1CCO[C@H](COc2ccc(C34CC(C(F)(F)[C@@](O)(Cn5cnnn5)c5ccc(F)cc5F)(C3)C4)cc2)C1. The maximum atomic E-state index is 16.3. The van der Waals surface area contributed by atoms with Gasteiger partial charge in [-0.2, -0.15) is 0 Å². The molecule has 3 aromatic rings. The van der Waals surface area contributed by atoms with E-state index in [0.717, 1.165) is 41.8 Å². The van der Waals surface area contributed by atoms with E-state index in [0.29, 0.717) is 25.0 Å². The van der Waals surface area contributed by atoms with E-state index in [9.17, 15) is 13.9 Å². The van der Waals surface area contributed by atoms with Gasteiger partial charge in [-0.3, -0.25) is 0 Å². The first-order valence-electron chi connectivity index (χ1n) is 12.9. The highest BCUT2D eigenvalue weighted by atomic mass is 19.3. The predicted octanol–water partition coefficient (Wildman–Crippen LogP) is 3.31. The molecule has 0 spiro atoms. The molecule has 2 atom stereocenters. The summed E-state index contributed by atoms with van der Waals surface area (Å²) < 4.78 is 73.5. The van der Waals surface area contributed by atoms with E-state index < -0.39 is 46.1 Å². The summed E-state index contributed by atoms with van der Waals surface area (Å²) in [4.78, 5) is 2.18. The second-order valence-corrected chi connectivity index (χ2v) is 11.2. The van der Waals surface area contributed by atoms with Crippen LogP contribution >= 0.6 is 0 Å². The molecule has 0 radical (unpaired) electrons. The number of ether oxygens (including phenoxy) is 2. The van der Waals surface area contributed by atoms with Crippen LogP contribution in [0.15, 0.2) is 48.8 Å². The van der Waals surface area contributed by atoms with Crippen LogP contribution in [-0.2, 0) is 22.3 Å². The number of rotatable bonds is 9. The molecular formula is C27H29F4N5O3. The van der Waals surface area contributed by atoms with E-state index in [1.165, 1.54) is 0 Å². The molecule has 39 heavy (non-hydrogen) atoms. The summed E-state index contributed by atoms with van der Waals surface area (Å²) >= 11 is 0. The van der Waals surface area contributed by atoms with Crippen molar-refractivity contribution in [3.8, 4) is 5.75 Å². The lowest BCUT2D eigenvalue weighted by atomic mass is 9.30. The highest BCUT2D eigenvalue weighted by Gasteiger charge is 2.82. The summed E-state index contributed by atoms with van der Waals surface area (Å²) in [5.74, 6) is -5.28. The molecule has 2 heterocycles. The van der Waals surface area contributed by atoms with Gasteiger partial charge in [0.05, 0.1) is 13.2 Å². The van der Waals surface area contributed by atoms with Gasteiger partial charge in [-0.25, -0.2) is 22.2 Å². The highest BCUT2D eigenvalue weighted by Crippen LogP contribution is 2.80. The van der Waals surface area contributed by atoms with Crippen molar-refractivity contribution in [2.45, 2.75) is 48.8 Å². The lowest BCUT2D eigenvalue weighted by molar-refractivity contribution is -0.347. The molecule has 0 amide bonds. The van der Waals surface area contributed by atoms with Gasteiger partial charge in [0.1, 0.15) is 36.4 Å². The fourth-order valence-corrected chi connectivity index (χ4v) is 6.59. The summed E-state index contributed by atoms with van der Waals surface area (Å²) in [6, 6.07) is 9.63. The van der Waals surface area contributed by atoms with Gasteiger partial charge in [-0.1, -0.05) is 12.1 Å². The average molecular weight is 548 g/mol. The van der Waals surface area contributed by atoms with Crippen molar-refractivity contribution >= 4 is 0 Å². The molecule has 2 bridgehead atoms. The van der Waals surface area contributed by atoms with Crippen molar-refractivity contribution in [3.05, 3.63) is 71.6 Å². The largest absolute Gasteiger partial charge is 0.491 e. The van der Waals surface area contributed by atoms with Crippen LogP contribution in [0, 0.1) is 17.0 Å². The van der Waals surface area contributed by atoms with Crippen LogP contribution in [0.2, 0.25) is 0 Å². The summed E-state index contributed by atoms with van der Waals surface area (Å²) in [7, 11) is 2.03. The molecule has 4 aliphatic rings. The number of likely N-dealkylation sites (N-methyl/N-ethyl adjacent to an activating group) is 1. The zero-order chi connectivity index (χ0) is 27.5. The molecule has 12 heteroatoms. The number of aliphatic hydroxyl groups is 1. The van der Waals surface area contributed by atoms with Crippen molar-refractivity contribution in [3.63, 3.8) is 0 Å². The molecule has 3 aliphatic carbocycles. The molecule has 3 saturated carbocycles. The number of halogens is 4. The van der Waals surface area contributed by atoms with E-state index in [2.05, 4.69) is 20.4 Å². The van der Waals surface area contributed by atoms with E-state index in [1.807, 2.05) is 31.3 Å². The second-order valence-electron chi connectivity index (χ2n) is 11.2. The molecule has 1 aromatic heterocycles. The number of alkyl halides is 2. The topological polar surface area (TPSA) is 85.5 Å². The Hall–Kier alpha value is -3.09. The Morgan fingerprint density at radius 2 is 1.87 bits per heavy atom. The first-order valence-corrected chi connectivity index (χ1v) is 12.9. The molecule has 2 aromatic carbocycles. The Bertz CT molecular complexity index is 1320. The van der Waals surface area contributed by atoms with Crippen LogP contribution in [0.3, 0.4) is 0 Å². The summed E-state index contributed by atoms with van der Waals surface area (Å²) in [5.41, 5.74) is -4.78. The summed E-state index contributed by atoms with van der Waals surface area (Å²) in [6.45, 7) is 1.97. The standard InChI is InChI=1S/C27H29F4N5O3/c1-35-8-9-38-21(11-35)12-39-20-5-2-18(3-6-20)24-13-25(14-24,15-24)27(30,31)26(37,16-36-17-32-33-34-36)22-7-4-19(28)10-23(22)29/h2-7,10,17,21,37H,8-9,11-16H2,1H3/t21-,24?,25?,26+/m0/s1. The van der Waals surface area contributed by atoms with Crippen LogP contribution in [0.1, 0.15) is 30.4 Å². The molecule has 7 rings (SSSR count). The van der Waals surface area contributed by atoms with Crippen LogP contribution in [0.25, 0.3) is 0 Å². The number of nitrogens with zero attached hydrogens (tertiary/aromatic N) is 5. The van der Waals surface area contributed by atoms with Gasteiger partial charge in [0.15, 0.2) is 5.60 Å². The van der Waals surface area contributed by atoms with Crippen molar-refractivity contribution in [1.82, 2.24) is 25.1 Å². The van der Waals surface area contributed by atoms with Gasteiger partial charge in [0.25, 0.3) is 5.92 Å². The van der Waals surface area contributed by atoms with E-state index in [-0.39, 0.29) is 25.4 Å². The maximum absolute atomic E-state index is 16.3. The maximum Gasteiger partial charge on any atom is 0.287 e. The molecule has 8 nitrogen and oxygen atoms in total. The third kappa shape index (κ3) is 4.20. The van der Waals surface area contributed by atoms with Crippen LogP contribution < -0.4 is 4.74 Å². The lowest BCUT2D eigenvalue weighted by Gasteiger charge is -2.74. The smallest absolute Gasteiger partial charge is 0.287 e. The van der Waals surface area contributed by atoms with Crippen molar-refractivity contribution < 1.29 is 32.1 Å². The van der Waals surface area contributed by atoms with Crippen molar-refractivity contribution in [2.24, 2.45) is 5.41 Å². The first-order chi connectivity index (χ1) is 18.6. The van der Waals surface area contributed by atoms with E-state index >= 15 is 8.78 Å². The van der Waals surface area contributed by atoms with Crippen molar-refractivity contribution in [1.29, 1.82) is 0 Å². The summed E-state index contributed by atoms with van der Waals surface area (Å²) in [6.07, 6.45) is 1.41. The van der Waals surface area contributed by atoms with Crippen LogP contribution in [-0.4, -0.2) is 75.6 Å². The van der Waals surface area contributed by atoms with Gasteiger partial charge in [0.2, 0.25) is 0 Å². The zero-order valence-electron chi connectivity index (χ0n) is 21.4. The second kappa shape index (κ2) is 9.24. The molecule has 208 valence electrons. The molecule has 1 aliphatic heterocycles. The Kier molecular flexibility index (Phi) is 6.20. The van der Waals surface area contributed by atoms with Gasteiger partial charge < -0.3 is 19.5 Å². The number of hydrogen-bond acceptors (Lipinski definition) is 7. The molecule has 4 fully saturated rings. The van der Waals surface area contributed by atoms with E-state index in [4.69, 9.17) is 9.47 Å². The number of benzene rings is 2. The number of tetrazole rings is 1. The average Bonchev–Trinajstić information content (AvgIpc) is 3.34. The van der Waals surface area contributed by atoms with Crippen molar-refractivity contribution in [2.75, 3.05) is 33.4 Å². The van der Waals surface area contributed by atoms with Gasteiger partial charge in [0, 0.05) is 30.1 Å². The van der Waals surface area contributed by atoms with Gasteiger partial charge in [-0.15, -0.1) is 5.10 Å². The molecular weight excluding hydrogens is 518 g/mol. The van der Waals surface area contributed by atoms with Gasteiger partial charge >= 0.3 is 0 Å². The van der Waals surface area contributed by atoms with Crippen LogP contribution in [0.4, 0.5) is 17.6 Å². The molecule has 1 saturated heterocycles. The normalized spacial score (nSPS) is 28.3. The predicted molar refractivity (Wildman–Crippen MR) is 130 cm³/mol. The number of aromatic nitrogens is 4. The van der Waals surface area contributed by atoms with Crippen LogP contribution in [0.5, 0.6) is 5.75 Å². The minimum Gasteiger partial charge on any atom is -0.491 e. The Morgan fingerprint density at radius 1 is 1.13 bits per heavy atom. The highest BCUT2D eigenvalue weighted by molar-refractivity contribution is 5.44. The summed E-state index contributed by atoms with van der Waals surface area (Å²) in [5, 5.41) is 21.9. The fourth-order valence-electron chi connectivity index (χ4n) is 6.59. The fraction of sp³-hybridized carbons (Fsp3) is 0.519. The Balaban J connectivity index is 1.18. The zero-order valence-corrected chi connectivity index (χ0v) is 21.4. The quantitative estimate of drug-likeness (QED) is 0.412. The number of hydrogen-bond donors (Lipinski definition) is 1. The first kappa shape index (κ1) is 26.1. The third-order valence-electron chi connectivity index (χ3n) is 8.62. The van der Waals surface area contributed by atoms with Gasteiger partial charge in [-0.05, 0) is 72.0 Å². The Labute approximate surface area is 222 Å². The minimum absolute atomic E-state index is 0.0128. The monoisotopic (exact) mass is 547 g/mol. The van der Waals surface area contributed by atoms with E-state index in [1.54, 1.807) is 0 Å². The third-order valence-corrected chi connectivity index (χ3v) is 8.62. The minimum atomic E-state index is -3.76. The lowest BCUT2D eigenvalue weighted by Crippen LogP contribution is -2.76. The molecule has 1 N–H and O–H groups in total.